The highest BCUT2D eigenvalue weighted by Crippen LogP contribution is 2.28. The summed E-state index contributed by atoms with van der Waals surface area (Å²) in [5, 5.41) is 6.41. The van der Waals surface area contributed by atoms with Crippen LogP contribution in [0, 0.1) is 0 Å². The monoisotopic (exact) mass is 376 g/mol. The second-order valence-corrected chi connectivity index (χ2v) is 6.17. The van der Waals surface area contributed by atoms with E-state index in [9.17, 15) is 4.79 Å². The lowest BCUT2D eigenvalue weighted by Gasteiger charge is -2.11. The van der Waals surface area contributed by atoms with Crippen LogP contribution < -0.4 is 20.1 Å². The van der Waals surface area contributed by atoms with E-state index in [1.807, 2.05) is 49.4 Å². The number of urea groups is 1. The minimum atomic E-state index is -0.176. The predicted octanol–water partition coefficient (Wildman–Crippen LogP) is 3.83. The Morgan fingerprint density at radius 2 is 1.69 bits per heavy atom. The number of hydrogen-bond acceptors (Lipinski definition) is 3. The molecule has 0 aliphatic rings. The summed E-state index contributed by atoms with van der Waals surface area (Å²) >= 11 is 5.95. The highest BCUT2D eigenvalue weighted by molar-refractivity contribution is 6.30. The highest BCUT2D eigenvalue weighted by atomic mass is 35.5. The minimum absolute atomic E-state index is 0.176. The summed E-state index contributed by atoms with van der Waals surface area (Å²) in [6.45, 7) is 3.62. The Bertz CT molecular complexity index is 722. The highest BCUT2D eigenvalue weighted by Gasteiger charge is 2.06. The lowest BCUT2D eigenvalue weighted by molar-refractivity contribution is 0.241. The van der Waals surface area contributed by atoms with Crippen LogP contribution in [-0.4, -0.2) is 32.8 Å². The maximum Gasteiger partial charge on any atom is 0.314 e. The van der Waals surface area contributed by atoms with Gasteiger partial charge in [-0.3, -0.25) is 0 Å². The zero-order valence-electron chi connectivity index (χ0n) is 15.2. The van der Waals surface area contributed by atoms with Crippen LogP contribution in [0.5, 0.6) is 11.5 Å². The van der Waals surface area contributed by atoms with Gasteiger partial charge in [0.2, 0.25) is 0 Å². The number of carbonyl (C=O) groups excluding carboxylic acids is 1. The van der Waals surface area contributed by atoms with Crippen LogP contribution >= 0.6 is 11.6 Å². The van der Waals surface area contributed by atoms with Gasteiger partial charge in [0, 0.05) is 18.1 Å². The van der Waals surface area contributed by atoms with Gasteiger partial charge in [0.15, 0.2) is 11.5 Å². The Labute approximate surface area is 159 Å². The first-order chi connectivity index (χ1) is 12.6. The number of rotatable bonds is 9. The van der Waals surface area contributed by atoms with Crippen molar-refractivity contribution in [1.82, 2.24) is 10.6 Å². The maximum absolute atomic E-state index is 11.9. The summed E-state index contributed by atoms with van der Waals surface area (Å²) in [5.41, 5.74) is 2.17. The molecule has 2 aromatic carbocycles. The molecule has 5 nitrogen and oxygen atoms in total. The van der Waals surface area contributed by atoms with Gasteiger partial charge >= 0.3 is 6.03 Å². The third-order valence-corrected chi connectivity index (χ3v) is 4.05. The van der Waals surface area contributed by atoms with Crippen LogP contribution in [0.15, 0.2) is 42.5 Å². The Morgan fingerprint density at radius 3 is 2.31 bits per heavy atom. The van der Waals surface area contributed by atoms with Gasteiger partial charge in [0.1, 0.15) is 0 Å². The summed E-state index contributed by atoms with van der Waals surface area (Å²) in [6, 6.07) is 13.3. The fourth-order valence-corrected chi connectivity index (χ4v) is 2.75. The number of benzene rings is 2. The summed E-state index contributed by atoms with van der Waals surface area (Å²) in [5.74, 6) is 1.43. The Balaban J connectivity index is 1.71. The van der Waals surface area contributed by atoms with Crippen molar-refractivity contribution < 1.29 is 14.3 Å². The molecule has 2 aromatic rings. The van der Waals surface area contributed by atoms with E-state index in [1.165, 1.54) is 0 Å². The fraction of sp³-hybridized carbons (Fsp3) is 0.350. The third-order valence-electron chi connectivity index (χ3n) is 3.82. The smallest absolute Gasteiger partial charge is 0.314 e. The van der Waals surface area contributed by atoms with Crippen molar-refractivity contribution in [2.75, 3.05) is 26.8 Å². The van der Waals surface area contributed by atoms with Gasteiger partial charge in [0.25, 0.3) is 0 Å². The normalized spacial score (nSPS) is 10.3. The molecule has 0 bridgehead atoms. The second kappa shape index (κ2) is 10.6. The molecule has 0 saturated heterocycles. The third kappa shape index (κ3) is 6.48. The van der Waals surface area contributed by atoms with Gasteiger partial charge in [-0.2, -0.15) is 0 Å². The predicted molar refractivity (Wildman–Crippen MR) is 104 cm³/mol. The molecule has 0 heterocycles. The van der Waals surface area contributed by atoms with Gasteiger partial charge in [-0.15, -0.1) is 0 Å². The molecular formula is C20H25ClN2O3. The molecule has 0 aromatic heterocycles. The first-order valence-corrected chi connectivity index (χ1v) is 9.06. The number of amides is 2. The zero-order valence-corrected chi connectivity index (χ0v) is 15.9. The number of carbonyl (C=O) groups is 1. The van der Waals surface area contributed by atoms with Crippen molar-refractivity contribution in [2.45, 2.75) is 19.8 Å². The maximum atomic E-state index is 11.9. The number of hydrogen-bond donors (Lipinski definition) is 2. The van der Waals surface area contributed by atoms with Gasteiger partial charge < -0.3 is 20.1 Å². The quantitative estimate of drug-likeness (QED) is 0.699. The first kappa shape index (κ1) is 19.9. The van der Waals surface area contributed by atoms with Crippen LogP contribution in [0.3, 0.4) is 0 Å². The number of methoxy groups -OCH3 is 1. The summed E-state index contributed by atoms with van der Waals surface area (Å²) < 4.78 is 10.8. The number of nitrogens with one attached hydrogen (secondary N) is 2. The lowest BCUT2D eigenvalue weighted by atomic mass is 10.1. The van der Waals surface area contributed by atoms with E-state index in [0.717, 1.165) is 23.3 Å². The van der Waals surface area contributed by atoms with E-state index in [4.69, 9.17) is 21.1 Å². The van der Waals surface area contributed by atoms with Crippen molar-refractivity contribution in [3.8, 4) is 11.5 Å². The second-order valence-electron chi connectivity index (χ2n) is 5.73. The average Bonchev–Trinajstić information content (AvgIpc) is 2.63. The molecule has 0 aliphatic heterocycles. The van der Waals surface area contributed by atoms with E-state index < -0.39 is 0 Å². The molecule has 6 heteroatoms. The van der Waals surface area contributed by atoms with Crippen molar-refractivity contribution in [1.29, 1.82) is 0 Å². The Morgan fingerprint density at radius 1 is 1.00 bits per heavy atom. The molecule has 26 heavy (non-hydrogen) atoms. The van der Waals surface area contributed by atoms with E-state index in [0.29, 0.717) is 36.9 Å². The first-order valence-electron chi connectivity index (χ1n) is 8.68. The average molecular weight is 377 g/mol. The number of ether oxygens (including phenoxy) is 2. The minimum Gasteiger partial charge on any atom is -0.493 e. The molecule has 0 radical (unpaired) electrons. The molecule has 0 atom stereocenters. The Hall–Kier alpha value is -2.40. The molecule has 140 valence electrons. The fourth-order valence-electron chi connectivity index (χ4n) is 2.54. The van der Waals surface area contributed by atoms with Crippen molar-refractivity contribution >= 4 is 17.6 Å². The van der Waals surface area contributed by atoms with E-state index >= 15 is 0 Å². The van der Waals surface area contributed by atoms with Crippen molar-refractivity contribution in [2.24, 2.45) is 0 Å². The largest absolute Gasteiger partial charge is 0.493 e. The van der Waals surface area contributed by atoms with Crippen molar-refractivity contribution in [3.63, 3.8) is 0 Å². The van der Waals surface area contributed by atoms with E-state index in [-0.39, 0.29) is 6.03 Å². The van der Waals surface area contributed by atoms with Gasteiger partial charge in [-0.25, -0.2) is 4.79 Å². The molecular weight excluding hydrogens is 352 g/mol. The van der Waals surface area contributed by atoms with Gasteiger partial charge in [-0.1, -0.05) is 29.8 Å². The van der Waals surface area contributed by atoms with Crippen LogP contribution in [0.2, 0.25) is 5.02 Å². The van der Waals surface area contributed by atoms with Crippen LogP contribution in [-0.2, 0) is 12.8 Å². The topological polar surface area (TPSA) is 59.6 Å². The van der Waals surface area contributed by atoms with Crippen LogP contribution in [0.1, 0.15) is 18.1 Å². The number of halogens is 1. The van der Waals surface area contributed by atoms with Crippen LogP contribution in [0.25, 0.3) is 0 Å². The van der Waals surface area contributed by atoms with E-state index in [1.54, 1.807) is 7.11 Å². The molecule has 0 spiro atoms. The SMILES string of the molecule is CCOc1ccc(CCNC(=O)NCCc2cccc(Cl)c2)cc1OC. The standard InChI is InChI=1S/C20H25ClN2O3/c1-3-26-18-8-7-16(14-19(18)25-2)10-12-23-20(24)22-11-9-15-5-4-6-17(21)13-15/h4-8,13-14H,3,9-12H2,1-2H3,(H2,22,23,24). The molecule has 0 unspecified atom stereocenters. The summed E-state index contributed by atoms with van der Waals surface area (Å²) in [6.07, 6.45) is 1.45. The van der Waals surface area contributed by atoms with Crippen molar-refractivity contribution in [3.05, 3.63) is 58.6 Å². The zero-order chi connectivity index (χ0) is 18.8. The molecule has 2 amide bonds. The molecule has 0 saturated carbocycles. The van der Waals surface area contributed by atoms with Gasteiger partial charge in [-0.05, 0) is 55.2 Å². The molecule has 2 N–H and O–H groups in total. The van der Waals surface area contributed by atoms with E-state index in [2.05, 4.69) is 10.6 Å². The Kier molecular flexibility index (Phi) is 8.09. The van der Waals surface area contributed by atoms with Crippen LogP contribution in [0.4, 0.5) is 4.79 Å². The molecule has 0 fully saturated rings. The summed E-state index contributed by atoms with van der Waals surface area (Å²) in [7, 11) is 1.62. The molecule has 2 rings (SSSR count). The van der Waals surface area contributed by atoms with Gasteiger partial charge in [0.05, 0.1) is 13.7 Å². The summed E-state index contributed by atoms with van der Waals surface area (Å²) in [4.78, 5) is 11.9. The molecule has 0 aliphatic carbocycles. The lowest BCUT2D eigenvalue weighted by Crippen LogP contribution is -2.37.